The zero-order chi connectivity index (χ0) is 20.3. The summed E-state index contributed by atoms with van der Waals surface area (Å²) in [6, 6.07) is 10.6. The van der Waals surface area contributed by atoms with Crippen molar-refractivity contribution < 1.29 is 22.5 Å². The third kappa shape index (κ3) is 4.33. The number of halogens is 2. The number of sulfonamides is 1. The van der Waals surface area contributed by atoms with Crippen LogP contribution in [0.1, 0.15) is 16.2 Å². The SMILES string of the molecule is COC(=O)c1cc(S(=O)(=O)NCc2nc(-c3ccccc3Cl)no2)ccc1Cl. The maximum Gasteiger partial charge on any atom is 0.339 e. The van der Waals surface area contributed by atoms with Crippen LogP contribution < -0.4 is 4.72 Å². The lowest BCUT2D eigenvalue weighted by Crippen LogP contribution is -2.23. The van der Waals surface area contributed by atoms with E-state index in [0.717, 1.165) is 6.07 Å². The molecule has 1 heterocycles. The van der Waals surface area contributed by atoms with Crippen molar-refractivity contribution in [2.24, 2.45) is 0 Å². The van der Waals surface area contributed by atoms with E-state index in [2.05, 4.69) is 19.6 Å². The summed E-state index contributed by atoms with van der Waals surface area (Å²) < 4.78 is 37.0. The van der Waals surface area contributed by atoms with Crippen LogP contribution in [0, 0.1) is 0 Å². The van der Waals surface area contributed by atoms with Crippen molar-refractivity contribution in [3.8, 4) is 11.4 Å². The van der Waals surface area contributed by atoms with E-state index in [1.807, 2.05) is 0 Å². The zero-order valence-electron chi connectivity index (χ0n) is 14.3. The summed E-state index contributed by atoms with van der Waals surface area (Å²) in [6.07, 6.45) is 0. The van der Waals surface area contributed by atoms with E-state index in [0.29, 0.717) is 10.6 Å². The summed E-state index contributed by atoms with van der Waals surface area (Å²) in [5.74, 6) is -0.469. The van der Waals surface area contributed by atoms with Crippen LogP contribution in [0.25, 0.3) is 11.4 Å². The number of methoxy groups -OCH3 is 1. The number of esters is 1. The van der Waals surface area contributed by atoms with Gasteiger partial charge in [-0.2, -0.15) is 4.98 Å². The molecule has 0 aliphatic carbocycles. The van der Waals surface area contributed by atoms with Crippen LogP contribution in [-0.4, -0.2) is 31.6 Å². The Morgan fingerprint density at radius 1 is 1.18 bits per heavy atom. The normalized spacial score (nSPS) is 11.4. The summed E-state index contributed by atoms with van der Waals surface area (Å²) >= 11 is 12.0. The molecule has 8 nitrogen and oxygen atoms in total. The van der Waals surface area contributed by atoms with E-state index in [1.54, 1.807) is 24.3 Å². The van der Waals surface area contributed by atoms with E-state index >= 15 is 0 Å². The molecule has 0 aliphatic rings. The van der Waals surface area contributed by atoms with Gasteiger partial charge in [-0.15, -0.1) is 0 Å². The molecule has 0 atom stereocenters. The molecule has 0 spiro atoms. The molecule has 2 aromatic carbocycles. The van der Waals surface area contributed by atoms with Gasteiger partial charge in [-0.3, -0.25) is 0 Å². The first-order valence-electron chi connectivity index (χ1n) is 7.77. The van der Waals surface area contributed by atoms with Crippen molar-refractivity contribution in [3.63, 3.8) is 0 Å². The number of nitrogens with one attached hydrogen (secondary N) is 1. The third-order valence-electron chi connectivity index (χ3n) is 3.65. The molecule has 1 aromatic heterocycles. The largest absolute Gasteiger partial charge is 0.465 e. The highest BCUT2D eigenvalue weighted by molar-refractivity contribution is 7.89. The predicted octanol–water partition coefficient (Wildman–Crippen LogP) is 3.31. The van der Waals surface area contributed by atoms with Crippen LogP contribution in [0.2, 0.25) is 10.0 Å². The van der Waals surface area contributed by atoms with Crippen LogP contribution in [0.4, 0.5) is 0 Å². The first-order valence-corrected chi connectivity index (χ1v) is 10.0. The average Bonchev–Trinajstić information content (AvgIpc) is 3.15. The quantitative estimate of drug-likeness (QED) is 0.583. The first-order chi connectivity index (χ1) is 13.3. The van der Waals surface area contributed by atoms with Crippen LogP contribution in [-0.2, 0) is 21.3 Å². The Morgan fingerprint density at radius 2 is 1.93 bits per heavy atom. The second-order valence-corrected chi connectivity index (χ2v) is 8.03. The maximum atomic E-state index is 12.5. The summed E-state index contributed by atoms with van der Waals surface area (Å²) in [5.41, 5.74) is 0.494. The molecule has 146 valence electrons. The molecule has 1 N–H and O–H groups in total. The van der Waals surface area contributed by atoms with E-state index in [1.165, 1.54) is 19.2 Å². The second kappa shape index (κ2) is 8.27. The van der Waals surface area contributed by atoms with Crippen molar-refractivity contribution in [1.29, 1.82) is 0 Å². The molecule has 0 bridgehead atoms. The van der Waals surface area contributed by atoms with Crippen molar-refractivity contribution in [2.45, 2.75) is 11.4 Å². The summed E-state index contributed by atoms with van der Waals surface area (Å²) in [7, 11) is -2.80. The Morgan fingerprint density at radius 3 is 2.64 bits per heavy atom. The number of carbonyl (C=O) groups is 1. The van der Waals surface area contributed by atoms with Gasteiger partial charge in [0.05, 0.1) is 34.2 Å². The fourth-order valence-electron chi connectivity index (χ4n) is 2.26. The highest BCUT2D eigenvalue weighted by Crippen LogP contribution is 2.25. The summed E-state index contributed by atoms with van der Waals surface area (Å²) in [4.78, 5) is 15.7. The maximum absolute atomic E-state index is 12.5. The Hall–Kier alpha value is -2.46. The number of ether oxygens (including phenoxy) is 1. The molecule has 3 aromatic rings. The van der Waals surface area contributed by atoms with Gasteiger partial charge < -0.3 is 9.26 Å². The minimum atomic E-state index is -3.97. The van der Waals surface area contributed by atoms with Gasteiger partial charge in [-0.1, -0.05) is 40.5 Å². The van der Waals surface area contributed by atoms with Gasteiger partial charge in [-0.05, 0) is 30.3 Å². The van der Waals surface area contributed by atoms with Crippen LogP contribution >= 0.6 is 23.2 Å². The molecular weight excluding hydrogens is 429 g/mol. The second-order valence-electron chi connectivity index (χ2n) is 5.45. The summed E-state index contributed by atoms with van der Waals surface area (Å²) in [5, 5.41) is 4.31. The van der Waals surface area contributed by atoms with Crippen LogP contribution in [0.3, 0.4) is 0 Å². The topological polar surface area (TPSA) is 111 Å². The molecule has 3 rings (SSSR count). The van der Waals surface area contributed by atoms with Gasteiger partial charge in [0, 0.05) is 5.56 Å². The van der Waals surface area contributed by atoms with Crippen molar-refractivity contribution in [3.05, 3.63) is 64.0 Å². The molecule has 0 saturated heterocycles. The lowest BCUT2D eigenvalue weighted by atomic mass is 10.2. The Balaban J connectivity index is 1.78. The van der Waals surface area contributed by atoms with E-state index in [9.17, 15) is 13.2 Å². The highest BCUT2D eigenvalue weighted by Gasteiger charge is 2.20. The van der Waals surface area contributed by atoms with Crippen molar-refractivity contribution >= 4 is 39.2 Å². The average molecular weight is 442 g/mol. The van der Waals surface area contributed by atoms with E-state index in [-0.39, 0.29) is 33.7 Å². The monoisotopic (exact) mass is 441 g/mol. The fourth-order valence-corrected chi connectivity index (χ4v) is 3.67. The standard InChI is InChI=1S/C17H13Cl2N3O5S/c1-26-17(23)12-8-10(6-7-14(12)19)28(24,25)20-9-15-21-16(22-27-15)11-4-2-3-5-13(11)18/h2-8,20H,9H2,1H3. The Labute approximate surface area is 170 Å². The number of carbonyl (C=O) groups excluding carboxylic acids is 1. The number of aromatic nitrogens is 2. The third-order valence-corrected chi connectivity index (χ3v) is 5.71. The smallest absolute Gasteiger partial charge is 0.339 e. The number of hydrogen-bond donors (Lipinski definition) is 1. The lowest BCUT2D eigenvalue weighted by molar-refractivity contribution is 0.0600. The fraction of sp³-hybridized carbons (Fsp3) is 0.118. The van der Waals surface area contributed by atoms with Gasteiger partial charge in [0.2, 0.25) is 21.7 Å². The van der Waals surface area contributed by atoms with Crippen LogP contribution in [0.5, 0.6) is 0 Å². The minimum Gasteiger partial charge on any atom is -0.465 e. The number of nitrogens with zero attached hydrogens (tertiary/aromatic N) is 2. The summed E-state index contributed by atoms with van der Waals surface area (Å²) in [6.45, 7) is -0.254. The number of hydrogen-bond acceptors (Lipinski definition) is 7. The van der Waals surface area contributed by atoms with Crippen molar-refractivity contribution in [2.75, 3.05) is 7.11 Å². The predicted molar refractivity (Wildman–Crippen MR) is 102 cm³/mol. The molecule has 0 fully saturated rings. The number of rotatable bonds is 6. The molecule has 0 aliphatic heterocycles. The van der Waals surface area contributed by atoms with Gasteiger partial charge >= 0.3 is 5.97 Å². The van der Waals surface area contributed by atoms with Gasteiger partial charge in [0.1, 0.15) is 0 Å². The molecular formula is C17H13Cl2N3O5S. The Bertz CT molecular complexity index is 1130. The minimum absolute atomic E-state index is 0.0423. The van der Waals surface area contributed by atoms with Crippen LogP contribution in [0.15, 0.2) is 51.9 Å². The van der Waals surface area contributed by atoms with Crippen molar-refractivity contribution in [1.82, 2.24) is 14.9 Å². The zero-order valence-corrected chi connectivity index (χ0v) is 16.7. The van der Waals surface area contributed by atoms with Gasteiger partial charge in [-0.25, -0.2) is 17.9 Å². The molecule has 11 heteroatoms. The highest BCUT2D eigenvalue weighted by atomic mass is 35.5. The first kappa shape index (κ1) is 20.3. The molecule has 0 unspecified atom stereocenters. The Kier molecular flexibility index (Phi) is 5.99. The van der Waals surface area contributed by atoms with Gasteiger partial charge in [0.15, 0.2) is 0 Å². The van der Waals surface area contributed by atoms with E-state index in [4.69, 9.17) is 27.7 Å². The molecule has 0 amide bonds. The van der Waals surface area contributed by atoms with E-state index < -0.39 is 16.0 Å². The molecule has 28 heavy (non-hydrogen) atoms. The molecule has 0 radical (unpaired) electrons. The lowest BCUT2D eigenvalue weighted by Gasteiger charge is -2.07. The molecule has 0 saturated carbocycles. The number of benzene rings is 2. The van der Waals surface area contributed by atoms with Gasteiger partial charge in [0.25, 0.3) is 0 Å².